The predicted octanol–water partition coefficient (Wildman–Crippen LogP) is 1.79. The fraction of sp³-hybridized carbons (Fsp3) is 0.750. The van der Waals surface area contributed by atoms with Gasteiger partial charge in [0.1, 0.15) is 5.60 Å². The number of aliphatic imine (C=N–C) groups is 1. The van der Waals surface area contributed by atoms with Crippen molar-refractivity contribution in [3.05, 3.63) is 12.3 Å². The molecule has 0 aromatic carbocycles. The second-order valence-electron chi connectivity index (χ2n) is 7.57. The van der Waals surface area contributed by atoms with Gasteiger partial charge in [-0.05, 0) is 39.7 Å². The molecule has 0 aromatic heterocycles. The standard InChI is InChI=1S/C16H26N4O2/c1-15(2,3)22-14(21)20-10-6-16(12-20)5-9-19(11-16)13-17-7-4-8-18-13/h4,7-8,13,17H,5-6,9-12H2,1-3H3. The minimum atomic E-state index is -0.429. The van der Waals surface area contributed by atoms with E-state index in [0.717, 1.165) is 39.0 Å². The molecule has 0 radical (unpaired) electrons. The molecule has 6 heteroatoms. The predicted molar refractivity (Wildman–Crippen MR) is 85.6 cm³/mol. The number of carbonyl (C=O) groups is 1. The summed E-state index contributed by atoms with van der Waals surface area (Å²) in [5.74, 6) is 0. The molecule has 2 atom stereocenters. The minimum Gasteiger partial charge on any atom is -0.444 e. The van der Waals surface area contributed by atoms with E-state index in [9.17, 15) is 4.79 Å². The molecule has 1 spiro atoms. The number of carbonyl (C=O) groups excluding carboxylic acids is 1. The van der Waals surface area contributed by atoms with Crippen molar-refractivity contribution in [1.29, 1.82) is 0 Å². The van der Waals surface area contributed by atoms with Crippen LogP contribution in [0.3, 0.4) is 0 Å². The van der Waals surface area contributed by atoms with E-state index in [-0.39, 0.29) is 17.8 Å². The van der Waals surface area contributed by atoms with E-state index in [1.807, 2.05) is 44.2 Å². The monoisotopic (exact) mass is 306 g/mol. The summed E-state index contributed by atoms with van der Waals surface area (Å²) < 4.78 is 5.50. The molecule has 0 bridgehead atoms. The molecule has 3 aliphatic rings. The number of hydrogen-bond acceptors (Lipinski definition) is 5. The van der Waals surface area contributed by atoms with Crippen LogP contribution in [0.15, 0.2) is 17.3 Å². The lowest BCUT2D eigenvalue weighted by atomic mass is 9.86. The van der Waals surface area contributed by atoms with Gasteiger partial charge in [-0.15, -0.1) is 0 Å². The topological polar surface area (TPSA) is 57.2 Å². The van der Waals surface area contributed by atoms with Crippen LogP contribution in [0.2, 0.25) is 0 Å². The molecule has 0 aromatic rings. The van der Waals surface area contributed by atoms with Crippen molar-refractivity contribution in [3.8, 4) is 0 Å². The Hall–Kier alpha value is -1.56. The van der Waals surface area contributed by atoms with E-state index in [1.165, 1.54) is 0 Å². The summed E-state index contributed by atoms with van der Waals surface area (Å²) in [5, 5.41) is 3.27. The lowest BCUT2D eigenvalue weighted by molar-refractivity contribution is 0.0273. The molecule has 6 nitrogen and oxygen atoms in total. The van der Waals surface area contributed by atoms with E-state index < -0.39 is 5.60 Å². The summed E-state index contributed by atoms with van der Waals surface area (Å²) in [7, 11) is 0. The number of ether oxygens (including phenoxy) is 1. The highest BCUT2D eigenvalue weighted by atomic mass is 16.6. The number of nitrogens with zero attached hydrogens (tertiary/aromatic N) is 3. The third kappa shape index (κ3) is 3.27. The largest absolute Gasteiger partial charge is 0.444 e. The fourth-order valence-corrected chi connectivity index (χ4v) is 3.49. The third-order valence-corrected chi connectivity index (χ3v) is 4.56. The maximum atomic E-state index is 12.2. The second-order valence-corrected chi connectivity index (χ2v) is 7.57. The molecule has 0 aliphatic carbocycles. The van der Waals surface area contributed by atoms with Crippen molar-refractivity contribution < 1.29 is 9.53 Å². The van der Waals surface area contributed by atoms with Gasteiger partial charge in [-0.1, -0.05) is 0 Å². The van der Waals surface area contributed by atoms with Gasteiger partial charge in [0.2, 0.25) is 0 Å². The lowest BCUT2D eigenvalue weighted by Crippen LogP contribution is -2.43. The SMILES string of the molecule is CC(C)(C)OC(=O)N1CCC2(CCN(C3N=CC=CN3)C2)C1. The van der Waals surface area contributed by atoms with Crippen molar-refractivity contribution in [3.63, 3.8) is 0 Å². The van der Waals surface area contributed by atoms with Gasteiger partial charge in [0.15, 0.2) is 6.29 Å². The van der Waals surface area contributed by atoms with E-state index >= 15 is 0 Å². The molecule has 2 saturated heterocycles. The Labute approximate surface area is 132 Å². The summed E-state index contributed by atoms with van der Waals surface area (Å²) >= 11 is 0. The third-order valence-electron chi connectivity index (χ3n) is 4.56. The molecule has 1 N–H and O–H groups in total. The Morgan fingerprint density at radius 2 is 2.09 bits per heavy atom. The first-order chi connectivity index (χ1) is 10.4. The molecular formula is C16H26N4O2. The van der Waals surface area contributed by atoms with Gasteiger partial charge < -0.3 is 15.0 Å². The number of hydrogen-bond donors (Lipinski definition) is 1. The fourth-order valence-electron chi connectivity index (χ4n) is 3.49. The molecule has 3 heterocycles. The van der Waals surface area contributed by atoms with E-state index in [0.29, 0.717) is 0 Å². The van der Waals surface area contributed by atoms with Crippen LogP contribution < -0.4 is 5.32 Å². The highest BCUT2D eigenvalue weighted by Crippen LogP contribution is 2.40. The number of allylic oxidation sites excluding steroid dienone is 1. The maximum absolute atomic E-state index is 12.2. The molecular weight excluding hydrogens is 280 g/mol. The summed E-state index contributed by atoms with van der Waals surface area (Å²) in [6.07, 6.45) is 7.71. The van der Waals surface area contributed by atoms with Crippen molar-refractivity contribution in [2.24, 2.45) is 10.4 Å². The van der Waals surface area contributed by atoms with Gasteiger partial charge >= 0.3 is 6.09 Å². The Morgan fingerprint density at radius 3 is 2.77 bits per heavy atom. The minimum absolute atomic E-state index is 0.0416. The average molecular weight is 306 g/mol. The molecule has 1 amide bonds. The Balaban J connectivity index is 1.57. The summed E-state index contributed by atoms with van der Waals surface area (Å²) in [4.78, 5) is 20.9. The van der Waals surface area contributed by atoms with Crippen molar-refractivity contribution in [1.82, 2.24) is 15.1 Å². The highest BCUT2D eigenvalue weighted by Gasteiger charge is 2.46. The second kappa shape index (κ2) is 5.57. The van der Waals surface area contributed by atoms with Crippen molar-refractivity contribution in [2.45, 2.75) is 45.5 Å². The zero-order valence-corrected chi connectivity index (χ0v) is 13.7. The number of amides is 1. The first-order valence-electron chi connectivity index (χ1n) is 8.03. The van der Waals surface area contributed by atoms with Crippen LogP contribution in [0, 0.1) is 5.41 Å². The average Bonchev–Trinajstić information content (AvgIpc) is 3.06. The normalized spacial score (nSPS) is 31.8. The Bertz CT molecular complexity index is 497. The van der Waals surface area contributed by atoms with Gasteiger partial charge in [0, 0.05) is 44.0 Å². The van der Waals surface area contributed by atoms with Crippen LogP contribution in [-0.2, 0) is 4.74 Å². The molecule has 2 fully saturated rings. The van der Waals surface area contributed by atoms with Crippen LogP contribution >= 0.6 is 0 Å². The van der Waals surface area contributed by atoms with Crippen LogP contribution in [0.1, 0.15) is 33.6 Å². The molecule has 2 unspecified atom stereocenters. The number of rotatable bonds is 1. The molecule has 3 aliphatic heterocycles. The van der Waals surface area contributed by atoms with Crippen LogP contribution in [0.25, 0.3) is 0 Å². The van der Waals surface area contributed by atoms with Crippen LogP contribution in [0.4, 0.5) is 4.79 Å². The molecule has 3 rings (SSSR count). The lowest BCUT2D eigenvalue weighted by Gasteiger charge is -2.29. The molecule has 22 heavy (non-hydrogen) atoms. The maximum Gasteiger partial charge on any atom is 0.410 e. The summed E-state index contributed by atoms with van der Waals surface area (Å²) in [6.45, 7) is 9.33. The van der Waals surface area contributed by atoms with Gasteiger partial charge in [-0.2, -0.15) is 0 Å². The molecule has 122 valence electrons. The first-order valence-corrected chi connectivity index (χ1v) is 8.03. The van der Waals surface area contributed by atoms with Gasteiger partial charge in [0.25, 0.3) is 0 Å². The Kier molecular flexibility index (Phi) is 3.89. The van der Waals surface area contributed by atoms with E-state index in [2.05, 4.69) is 15.2 Å². The van der Waals surface area contributed by atoms with Gasteiger partial charge in [-0.25, -0.2) is 4.79 Å². The molecule has 0 saturated carbocycles. The zero-order valence-electron chi connectivity index (χ0n) is 13.7. The quantitative estimate of drug-likeness (QED) is 0.802. The smallest absolute Gasteiger partial charge is 0.410 e. The van der Waals surface area contributed by atoms with E-state index in [1.54, 1.807) is 0 Å². The van der Waals surface area contributed by atoms with Crippen molar-refractivity contribution in [2.75, 3.05) is 26.2 Å². The summed E-state index contributed by atoms with van der Waals surface area (Å²) in [5.41, 5.74) is -0.225. The highest BCUT2D eigenvalue weighted by molar-refractivity contribution is 5.71. The first kappa shape index (κ1) is 15.3. The van der Waals surface area contributed by atoms with E-state index in [4.69, 9.17) is 4.74 Å². The van der Waals surface area contributed by atoms with Gasteiger partial charge in [-0.3, -0.25) is 9.89 Å². The van der Waals surface area contributed by atoms with Crippen LogP contribution in [-0.4, -0.2) is 60.2 Å². The number of nitrogens with one attached hydrogen (secondary N) is 1. The van der Waals surface area contributed by atoms with Crippen molar-refractivity contribution >= 4 is 12.3 Å². The van der Waals surface area contributed by atoms with Crippen LogP contribution in [0.5, 0.6) is 0 Å². The Morgan fingerprint density at radius 1 is 1.32 bits per heavy atom. The zero-order chi connectivity index (χ0) is 15.8. The number of likely N-dealkylation sites (tertiary alicyclic amines) is 2. The summed E-state index contributed by atoms with van der Waals surface area (Å²) in [6, 6.07) is 0. The van der Waals surface area contributed by atoms with Gasteiger partial charge in [0.05, 0.1) is 0 Å².